The van der Waals surface area contributed by atoms with Crippen molar-refractivity contribution in [2.75, 3.05) is 10.1 Å². The molecule has 0 saturated carbocycles. The smallest absolute Gasteiger partial charge is 0.312 e. The topological polar surface area (TPSA) is 189 Å². The van der Waals surface area contributed by atoms with Crippen molar-refractivity contribution < 1.29 is 18.1 Å². The van der Waals surface area contributed by atoms with Gasteiger partial charge in [-0.1, -0.05) is 0 Å². The summed E-state index contributed by atoms with van der Waals surface area (Å²) >= 11 is 5.37. The second kappa shape index (κ2) is 9.41. The number of sulfone groups is 1. The number of nitrogens with two attached hydrogens (primary N) is 2. The van der Waals surface area contributed by atoms with E-state index >= 15 is 0 Å². The predicted molar refractivity (Wildman–Crippen MR) is 111 cm³/mol. The molecule has 0 atom stereocenters. The summed E-state index contributed by atoms with van der Waals surface area (Å²) in [5.41, 5.74) is 10.5. The number of nitro groups is 1. The molecule has 29 heavy (non-hydrogen) atoms. The van der Waals surface area contributed by atoms with Crippen LogP contribution in [0.2, 0.25) is 0 Å². The Bertz CT molecular complexity index is 1030. The van der Waals surface area contributed by atoms with Crippen molar-refractivity contribution >= 4 is 57.1 Å². The highest BCUT2D eigenvalue weighted by Crippen LogP contribution is 2.34. The van der Waals surface area contributed by atoms with Gasteiger partial charge in [0.1, 0.15) is 11.0 Å². The number of rotatable bonds is 6. The number of hydrogen-bond acceptors (Lipinski definition) is 7. The Balaban J connectivity index is 0.00000420. The van der Waals surface area contributed by atoms with Crippen molar-refractivity contribution in [3.63, 3.8) is 0 Å². The van der Waals surface area contributed by atoms with E-state index < -0.39 is 37.6 Å². The lowest BCUT2D eigenvalue weighted by molar-refractivity contribution is -0.385. The highest BCUT2D eigenvalue weighted by atomic mass is 35.5. The molecule has 0 aromatic heterocycles. The van der Waals surface area contributed by atoms with Crippen LogP contribution < -0.4 is 21.1 Å². The molecule has 0 unspecified atom stereocenters. The van der Waals surface area contributed by atoms with Gasteiger partial charge in [0, 0.05) is 6.07 Å². The van der Waals surface area contributed by atoms with Gasteiger partial charge in [-0.2, -0.15) is 0 Å². The Labute approximate surface area is 176 Å². The van der Waals surface area contributed by atoms with Crippen molar-refractivity contribution in [3.05, 3.63) is 52.6 Å². The Hall–Kier alpha value is -3.09. The number of alkyl halides is 1. The number of benzene rings is 2. The minimum Gasteiger partial charge on any atom is -0.450 e. The van der Waals surface area contributed by atoms with E-state index in [0.717, 1.165) is 23.1 Å². The van der Waals surface area contributed by atoms with Crippen LogP contribution in [-0.2, 0) is 9.84 Å². The Morgan fingerprint density at radius 3 is 2.14 bits per heavy atom. The molecule has 0 saturated heterocycles. The first-order valence-corrected chi connectivity index (χ1v) is 9.58. The van der Waals surface area contributed by atoms with E-state index in [-0.39, 0.29) is 28.8 Å². The zero-order valence-corrected chi connectivity index (χ0v) is 16.9. The zero-order chi connectivity index (χ0) is 21.1. The van der Waals surface area contributed by atoms with Gasteiger partial charge >= 0.3 is 5.69 Å². The number of nitro benzene ring substituents is 1. The van der Waals surface area contributed by atoms with Crippen molar-refractivity contribution in [2.45, 2.75) is 4.90 Å². The van der Waals surface area contributed by atoms with E-state index in [1.165, 1.54) is 24.3 Å². The fraction of sp³-hybridized carbons (Fsp3) is 0.0667. The molecule has 11 nitrogen and oxygen atoms in total. The number of nitrogens with zero attached hydrogens (tertiary/aromatic N) is 2. The van der Waals surface area contributed by atoms with Crippen LogP contribution in [0.3, 0.4) is 0 Å². The normalized spacial score (nSPS) is 10.5. The van der Waals surface area contributed by atoms with Crippen molar-refractivity contribution in [1.82, 2.24) is 0 Å². The monoisotopic (exact) mass is 462 g/mol. The van der Waals surface area contributed by atoms with E-state index in [9.17, 15) is 18.5 Å². The average molecular weight is 463 g/mol. The van der Waals surface area contributed by atoms with E-state index in [4.69, 9.17) is 38.6 Å². The first-order valence-electron chi connectivity index (χ1n) is 7.40. The maximum atomic E-state index is 11.8. The number of ether oxygens (including phenoxy) is 1. The lowest BCUT2D eigenvalue weighted by Gasteiger charge is -2.20. The van der Waals surface area contributed by atoms with Crippen LogP contribution in [-0.4, -0.2) is 30.5 Å². The third-order valence-corrected chi connectivity index (χ3v) is 5.56. The lowest BCUT2D eigenvalue weighted by Crippen LogP contribution is -2.45. The number of nitrogens with one attached hydrogen (secondary N) is 2. The summed E-state index contributed by atoms with van der Waals surface area (Å²) in [6.45, 7) is 0. The van der Waals surface area contributed by atoms with Crippen LogP contribution in [0, 0.1) is 20.9 Å². The first kappa shape index (κ1) is 23.9. The molecule has 14 heteroatoms. The third-order valence-electron chi connectivity index (χ3n) is 3.43. The molecule has 0 radical (unpaired) electrons. The maximum Gasteiger partial charge on any atom is 0.312 e. The predicted octanol–water partition coefficient (Wildman–Crippen LogP) is 2.37. The fourth-order valence-electron chi connectivity index (χ4n) is 2.18. The van der Waals surface area contributed by atoms with E-state index in [2.05, 4.69) is 0 Å². The Kier molecular flexibility index (Phi) is 7.77. The second-order valence-electron chi connectivity index (χ2n) is 5.31. The summed E-state index contributed by atoms with van der Waals surface area (Å²) in [6.07, 6.45) is 0. The molecule has 0 heterocycles. The van der Waals surface area contributed by atoms with Crippen molar-refractivity contribution in [2.24, 2.45) is 11.5 Å². The van der Waals surface area contributed by atoms with Crippen LogP contribution in [0.25, 0.3) is 0 Å². The summed E-state index contributed by atoms with van der Waals surface area (Å²) in [5.74, 6) is -0.922. The van der Waals surface area contributed by atoms with Gasteiger partial charge in [-0.15, -0.1) is 24.0 Å². The van der Waals surface area contributed by atoms with Gasteiger partial charge in [0.15, 0.2) is 21.8 Å². The summed E-state index contributed by atoms with van der Waals surface area (Å²) in [5, 5.41) is 25.4. The molecule has 0 aliphatic carbocycles. The molecule has 0 fully saturated rings. The lowest BCUT2D eigenvalue weighted by atomic mass is 10.2. The molecule has 0 bridgehead atoms. The molecule has 0 spiro atoms. The second-order valence-corrected chi connectivity index (χ2v) is 7.89. The SMILES string of the molecule is Cl.N=C(N)N(C(=N)N)c1ccc(Oc2ccc(S(=O)(=O)CCl)cc2[N+](=O)[O-])cc1. The van der Waals surface area contributed by atoms with Crippen LogP contribution in [0.4, 0.5) is 11.4 Å². The standard InChI is InChI=1S/C15H15ClN6O5S.ClH/c16-8-28(25,26)11-5-6-13(12(7-11)22(23)24)27-10-3-1-9(2-4-10)21(14(17)18)15(19)20;/h1-7H,8H2,(H3,17,18)(H3,19,20);1H. The molecule has 6 N–H and O–H groups in total. The van der Waals surface area contributed by atoms with Crippen LogP contribution in [0.1, 0.15) is 0 Å². The van der Waals surface area contributed by atoms with Crippen LogP contribution >= 0.6 is 24.0 Å². The molecular formula is C15H16Cl2N6O5S. The van der Waals surface area contributed by atoms with E-state index in [1.807, 2.05) is 0 Å². The van der Waals surface area contributed by atoms with Gasteiger partial charge in [-0.3, -0.25) is 25.8 Å². The van der Waals surface area contributed by atoms with Crippen molar-refractivity contribution in [3.8, 4) is 11.5 Å². The highest BCUT2D eigenvalue weighted by Gasteiger charge is 2.22. The summed E-state index contributed by atoms with van der Waals surface area (Å²) < 4.78 is 29.1. The Morgan fingerprint density at radius 2 is 1.69 bits per heavy atom. The fourth-order valence-corrected chi connectivity index (χ4v) is 3.25. The van der Waals surface area contributed by atoms with Gasteiger partial charge in [-0.25, -0.2) is 8.42 Å². The van der Waals surface area contributed by atoms with Crippen LogP contribution in [0.5, 0.6) is 11.5 Å². The molecular weight excluding hydrogens is 447 g/mol. The molecule has 2 aromatic carbocycles. The Morgan fingerprint density at radius 1 is 1.14 bits per heavy atom. The van der Waals surface area contributed by atoms with Gasteiger partial charge < -0.3 is 16.2 Å². The summed E-state index contributed by atoms with van der Waals surface area (Å²) in [4.78, 5) is 11.2. The quantitative estimate of drug-likeness (QED) is 0.165. The molecule has 2 rings (SSSR count). The number of guanidine groups is 2. The van der Waals surface area contributed by atoms with E-state index in [0.29, 0.717) is 5.69 Å². The summed E-state index contributed by atoms with van der Waals surface area (Å²) in [6, 6.07) is 8.90. The number of hydrogen-bond donors (Lipinski definition) is 4. The minimum atomic E-state index is -3.84. The minimum absolute atomic E-state index is 0. The molecule has 0 aliphatic rings. The molecule has 156 valence electrons. The molecule has 0 aliphatic heterocycles. The zero-order valence-electron chi connectivity index (χ0n) is 14.5. The molecule has 2 aromatic rings. The highest BCUT2D eigenvalue weighted by molar-refractivity contribution is 7.92. The van der Waals surface area contributed by atoms with Gasteiger partial charge in [0.25, 0.3) is 0 Å². The van der Waals surface area contributed by atoms with Gasteiger partial charge in [-0.05, 0) is 36.4 Å². The maximum absolute atomic E-state index is 11.8. The van der Waals surface area contributed by atoms with Crippen molar-refractivity contribution in [1.29, 1.82) is 10.8 Å². The van der Waals surface area contributed by atoms with Crippen LogP contribution in [0.15, 0.2) is 47.4 Å². The average Bonchev–Trinajstić information content (AvgIpc) is 2.62. The van der Waals surface area contributed by atoms with E-state index in [1.54, 1.807) is 0 Å². The third kappa shape index (κ3) is 5.47. The largest absolute Gasteiger partial charge is 0.450 e. The molecule has 0 amide bonds. The van der Waals surface area contributed by atoms with Gasteiger partial charge in [0.05, 0.1) is 15.5 Å². The first-order chi connectivity index (χ1) is 13.1. The number of halogens is 2. The van der Waals surface area contributed by atoms with Gasteiger partial charge in [0.2, 0.25) is 5.75 Å². The summed E-state index contributed by atoms with van der Waals surface area (Å²) in [7, 11) is -3.84. The number of anilines is 1.